The lowest BCUT2D eigenvalue weighted by Gasteiger charge is -2.24. The molecule has 1 amide bonds. The fourth-order valence-electron chi connectivity index (χ4n) is 2.26. The Morgan fingerprint density at radius 1 is 1.19 bits per heavy atom. The summed E-state index contributed by atoms with van der Waals surface area (Å²) in [5, 5.41) is 10.7. The fraction of sp³-hybridized carbons (Fsp3) is 0.571. The molecular weight excluding hydrogens is 272 g/mol. The zero-order valence-electron chi connectivity index (χ0n) is 13.1. The van der Waals surface area contributed by atoms with Crippen LogP contribution in [0, 0.1) is 20.8 Å². The number of hydrogen-bond donors (Lipinski definition) is 1. The Balaban J connectivity index is 2.17. The summed E-state index contributed by atoms with van der Waals surface area (Å²) in [6.45, 7) is 10.8. The predicted molar refractivity (Wildman–Crippen MR) is 74.6 cm³/mol. The van der Waals surface area contributed by atoms with Crippen LogP contribution < -0.4 is 5.32 Å². The van der Waals surface area contributed by atoms with Crippen molar-refractivity contribution in [2.45, 2.75) is 53.0 Å². The van der Waals surface area contributed by atoms with Gasteiger partial charge in [-0.25, -0.2) is 0 Å². The van der Waals surface area contributed by atoms with Gasteiger partial charge in [-0.15, -0.1) is 0 Å². The van der Waals surface area contributed by atoms with E-state index in [1.165, 1.54) is 0 Å². The third-order valence-corrected chi connectivity index (χ3v) is 3.44. The highest BCUT2D eigenvalue weighted by molar-refractivity contribution is 5.84. The molecule has 0 aliphatic heterocycles. The molecule has 0 spiro atoms. The molecule has 0 bridgehead atoms. The molecule has 1 N–H and O–H groups in total. The van der Waals surface area contributed by atoms with Gasteiger partial charge in [-0.1, -0.05) is 10.3 Å². The number of amides is 1. The molecule has 0 saturated carbocycles. The second-order valence-corrected chi connectivity index (χ2v) is 5.71. The number of hydrogen-bond acceptors (Lipinski definition) is 6. The third kappa shape index (κ3) is 2.96. The molecule has 2 heterocycles. The quantitative estimate of drug-likeness (QED) is 0.927. The molecule has 0 saturated heterocycles. The fourth-order valence-corrected chi connectivity index (χ4v) is 2.26. The van der Waals surface area contributed by atoms with Crippen LogP contribution in [0.2, 0.25) is 0 Å². The van der Waals surface area contributed by atoms with Crippen LogP contribution >= 0.6 is 0 Å². The Bertz CT molecular complexity index is 637. The molecule has 1 atom stereocenters. The Hall–Kier alpha value is -2.18. The second-order valence-electron chi connectivity index (χ2n) is 5.71. The summed E-state index contributed by atoms with van der Waals surface area (Å²) in [6.07, 6.45) is 0. The van der Waals surface area contributed by atoms with Crippen molar-refractivity contribution in [1.29, 1.82) is 0 Å². The minimum atomic E-state index is -0.720. The monoisotopic (exact) mass is 292 g/mol. The lowest BCUT2D eigenvalue weighted by molar-refractivity contribution is -0.124. The number of nitrogens with zero attached hydrogens (tertiary/aromatic N) is 3. The van der Waals surface area contributed by atoms with Crippen LogP contribution in [0.15, 0.2) is 9.05 Å². The first kappa shape index (κ1) is 15.2. The van der Waals surface area contributed by atoms with Gasteiger partial charge in [0.2, 0.25) is 11.8 Å². The van der Waals surface area contributed by atoms with E-state index in [4.69, 9.17) is 9.05 Å². The van der Waals surface area contributed by atoms with Gasteiger partial charge in [-0.3, -0.25) is 4.79 Å². The molecule has 2 rings (SSSR count). The minimum absolute atomic E-state index is 0.142. The molecule has 2 aromatic heterocycles. The van der Waals surface area contributed by atoms with Gasteiger partial charge in [0.1, 0.15) is 5.76 Å². The molecule has 0 fully saturated rings. The maximum atomic E-state index is 12.5. The maximum Gasteiger partial charge on any atom is 0.228 e. The van der Waals surface area contributed by atoms with Gasteiger partial charge in [-0.05, 0) is 34.6 Å². The van der Waals surface area contributed by atoms with E-state index in [0.29, 0.717) is 17.5 Å². The average Bonchev–Trinajstić information content (AvgIpc) is 2.95. The van der Waals surface area contributed by atoms with E-state index in [1.807, 2.05) is 27.7 Å². The molecule has 7 heteroatoms. The number of rotatable bonds is 4. The predicted octanol–water partition coefficient (Wildman–Crippen LogP) is 2.14. The van der Waals surface area contributed by atoms with E-state index in [-0.39, 0.29) is 11.8 Å². The standard InChI is InChI=1S/C14H20N4O3/c1-7(11-8(2)17-20-9(11)3)12(19)16-14(5,6)13-15-10(4)21-18-13/h7H,1-6H3,(H,16,19)/t7-/m0/s1. The lowest BCUT2D eigenvalue weighted by Crippen LogP contribution is -2.43. The van der Waals surface area contributed by atoms with Crippen LogP contribution in [0.4, 0.5) is 0 Å². The summed E-state index contributed by atoms with van der Waals surface area (Å²) in [7, 11) is 0. The first-order chi connectivity index (χ1) is 9.72. The second kappa shape index (κ2) is 5.31. The number of aromatic nitrogens is 3. The molecule has 0 aromatic carbocycles. The van der Waals surface area contributed by atoms with Gasteiger partial charge in [0.05, 0.1) is 17.2 Å². The third-order valence-electron chi connectivity index (χ3n) is 3.44. The Labute approximate surface area is 123 Å². The Morgan fingerprint density at radius 2 is 1.86 bits per heavy atom. The van der Waals surface area contributed by atoms with Gasteiger partial charge in [-0.2, -0.15) is 4.98 Å². The van der Waals surface area contributed by atoms with Crippen molar-refractivity contribution >= 4 is 5.91 Å². The molecule has 0 aliphatic rings. The normalized spacial score (nSPS) is 13.2. The van der Waals surface area contributed by atoms with Gasteiger partial charge in [0.15, 0.2) is 5.82 Å². The van der Waals surface area contributed by atoms with Crippen molar-refractivity contribution in [1.82, 2.24) is 20.6 Å². The summed E-state index contributed by atoms with van der Waals surface area (Å²) in [5.41, 5.74) is 0.818. The summed E-state index contributed by atoms with van der Waals surface area (Å²) < 4.78 is 10.1. The SMILES string of the molecule is Cc1nc(C(C)(C)NC(=O)[C@@H](C)c2c(C)noc2C)no1. The van der Waals surface area contributed by atoms with Crippen molar-refractivity contribution < 1.29 is 13.8 Å². The van der Waals surface area contributed by atoms with Crippen molar-refractivity contribution in [2.24, 2.45) is 0 Å². The smallest absolute Gasteiger partial charge is 0.228 e. The van der Waals surface area contributed by atoms with Crippen molar-refractivity contribution in [2.75, 3.05) is 0 Å². The number of carbonyl (C=O) groups is 1. The van der Waals surface area contributed by atoms with Crippen LogP contribution in [0.1, 0.15) is 55.4 Å². The number of aryl methyl sites for hydroxylation is 3. The lowest BCUT2D eigenvalue weighted by atomic mass is 9.96. The highest BCUT2D eigenvalue weighted by atomic mass is 16.5. The number of nitrogens with one attached hydrogen (secondary N) is 1. The molecule has 0 unspecified atom stereocenters. The summed E-state index contributed by atoms with van der Waals surface area (Å²) in [5.74, 6) is 1.05. The largest absolute Gasteiger partial charge is 0.361 e. The van der Waals surface area contributed by atoms with Crippen molar-refractivity contribution in [3.8, 4) is 0 Å². The zero-order chi connectivity index (χ0) is 15.8. The highest BCUT2D eigenvalue weighted by Crippen LogP contribution is 2.25. The molecule has 0 aliphatic carbocycles. The summed E-state index contributed by atoms with van der Waals surface area (Å²) >= 11 is 0. The van der Waals surface area contributed by atoms with Crippen LogP contribution in [0.3, 0.4) is 0 Å². The van der Waals surface area contributed by atoms with Gasteiger partial charge in [0.25, 0.3) is 0 Å². The number of carbonyl (C=O) groups excluding carboxylic acids is 1. The topological polar surface area (TPSA) is 94.1 Å². The van der Waals surface area contributed by atoms with Crippen molar-refractivity contribution in [3.05, 3.63) is 28.7 Å². The average molecular weight is 292 g/mol. The molecule has 21 heavy (non-hydrogen) atoms. The van der Waals surface area contributed by atoms with Crippen LogP contribution in [0.5, 0.6) is 0 Å². The van der Waals surface area contributed by atoms with E-state index in [9.17, 15) is 4.79 Å². The molecular formula is C14H20N4O3. The molecule has 2 aromatic rings. The van der Waals surface area contributed by atoms with Gasteiger partial charge in [0, 0.05) is 12.5 Å². The Kier molecular flexibility index (Phi) is 3.85. The first-order valence-corrected chi connectivity index (χ1v) is 6.78. The van der Waals surface area contributed by atoms with Crippen molar-refractivity contribution in [3.63, 3.8) is 0 Å². The van der Waals surface area contributed by atoms with E-state index in [1.54, 1.807) is 13.8 Å². The zero-order valence-corrected chi connectivity index (χ0v) is 13.1. The van der Waals surface area contributed by atoms with Crippen LogP contribution in [-0.2, 0) is 10.3 Å². The highest BCUT2D eigenvalue weighted by Gasteiger charge is 2.32. The molecule has 114 valence electrons. The Morgan fingerprint density at radius 3 is 2.33 bits per heavy atom. The first-order valence-electron chi connectivity index (χ1n) is 6.78. The van der Waals surface area contributed by atoms with Crippen LogP contribution in [-0.4, -0.2) is 21.2 Å². The van der Waals surface area contributed by atoms with Gasteiger partial charge < -0.3 is 14.4 Å². The van der Waals surface area contributed by atoms with E-state index in [2.05, 4.69) is 20.6 Å². The summed E-state index contributed by atoms with van der Waals surface area (Å²) in [6, 6.07) is 0. The maximum absolute atomic E-state index is 12.5. The molecule has 7 nitrogen and oxygen atoms in total. The minimum Gasteiger partial charge on any atom is -0.361 e. The molecule has 0 radical (unpaired) electrons. The summed E-state index contributed by atoms with van der Waals surface area (Å²) in [4.78, 5) is 16.6. The van der Waals surface area contributed by atoms with E-state index in [0.717, 1.165) is 11.3 Å². The van der Waals surface area contributed by atoms with Gasteiger partial charge >= 0.3 is 0 Å². The van der Waals surface area contributed by atoms with Crippen LogP contribution in [0.25, 0.3) is 0 Å². The van der Waals surface area contributed by atoms with E-state index < -0.39 is 5.54 Å². The van der Waals surface area contributed by atoms with E-state index >= 15 is 0 Å².